The van der Waals surface area contributed by atoms with E-state index in [1.165, 1.54) is 0 Å². The van der Waals surface area contributed by atoms with E-state index in [1.807, 2.05) is 6.92 Å². The number of nitrogens with one attached hydrogen (secondary N) is 1. The molecule has 1 N–H and O–H groups in total. The first kappa shape index (κ1) is 8.61. The third kappa shape index (κ3) is 1.54. The van der Waals surface area contributed by atoms with Crippen LogP contribution in [0.1, 0.15) is 5.82 Å². The number of hydrogen-bond donors (Lipinski definition) is 1. The molecule has 2 aromatic heterocycles. The summed E-state index contributed by atoms with van der Waals surface area (Å²) in [6.07, 6.45) is 1.66. The zero-order valence-electron chi connectivity index (χ0n) is 7.85. The Morgan fingerprint density at radius 3 is 2.86 bits per heavy atom. The van der Waals surface area contributed by atoms with Gasteiger partial charge in [-0.25, -0.2) is 9.97 Å². The fourth-order valence-corrected chi connectivity index (χ4v) is 1.01. The lowest BCUT2D eigenvalue weighted by Gasteiger charge is -1.93. The van der Waals surface area contributed by atoms with E-state index in [0.29, 0.717) is 23.4 Å². The van der Waals surface area contributed by atoms with Gasteiger partial charge < -0.3 is 9.84 Å². The third-order valence-electron chi connectivity index (χ3n) is 1.65. The summed E-state index contributed by atoms with van der Waals surface area (Å²) in [5.74, 6) is 1.14. The van der Waals surface area contributed by atoms with Gasteiger partial charge in [0.15, 0.2) is 0 Å². The SMILES string of the molecule is CNc1nc(-c2ccnc(C)n2)no1. The van der Waals surface area contributed by atoms with Crippen molar-refractivity contribution in [2.45, 2.75) is 6.92 Å². The van der Waals surface area contributed by atoms with E-state index in [0.717, 1.165) is 0 Å². The van der Waals surface area contributed by atoms with Crippen LogP contribution in [0.4, 0.5) is 6.01 Å². The van der Waals surface area contributed by atoms with Gasteiger partial charge in [0.05, 0.1) is 0 Å². The Labute approximate surface area is 80.4 Å². The van der Waals surface area contributed by atoms with Gasteiger partial charge in [-0.2, -0.15) is 4.98 Å². The van der Waals surface area contributed by atoms with Crippen LogP contribution in [0.25, 0.3) is 11.5 Å². The largest absolute Gasteiger partial charge is 0.341 e. The smallest absolute Gasteiger partial charge is 0.321 e. The maximum absolute atomic E-state index is 4.88. The van der Waals surface area contributed by atoms with Gasteiger partial charge in [0, 0.05) is 13.2 Å². The monoisotopic (exact) mass is 191 g/mol. The molecule has 0 amide bonds. The summed E-state index contributed by atoms with van der Waals surface area (Å²) < 4.78 is 4.88. The summed E-state index contributed by atoms with van der Waals surface area (Å²) in [7, 11) is 1.71. The number of aromatic nitrogens is 4. The molecule has 0 unspecified atom stereocenters. The average Bonchev–Trinajstić information content (AvgIpc) is 2.66. The molecular formula is C8H9N5O. The second-order valence-electron chi connectivity index (χ2n) is 2.66. The van der Waals surface area contributed by atoms with Gasteiger partial charge in [-0.3, -0.25) is 0 Å². The van der Waals surface area contributed by atoms with E-state index in [4.69, 9.17) is 4.52 Å². The molecule has 0 saturated heterocycles. The molecule has 0 aliphatic carbocycles. The fraction of sp³-hybridized carbons (Fsp3) is 0.250. The molecule has 6 heteroatoms. The molecule has 2 rings (SSSR count). The highest BCUT2D eigenvalue weighted by molar-refractivity contribution is 5.48. The molecule has 0 aliphatic heterocycles. The third-order valence-corrected chi connectivity index (χ3v) is 1.65. The predicted molar refractivity (Wildman–Crippen MR) is 49.6 cm³/mol. The molecular weight excluding hydrogens is 182 g/mol. The van der Waals surface area contributed by atoms with Crippen molar-refractivity contribution in [2.75, 3.05) is 12.4 Å². The molecule has 0 bridgehead atoms. The first-order valence-corrected chi connectivity index (χ1v) is 4.11. The van der Waals surface area contributed by atoms with Crippen molar-refractivity contribution in [3.63, 3.8) is 0 Å². The summed E-state index contributed by atoms with van der Waals surface area (Å²) in [5.41, 5.74) is 0.655. The zero-order chi connectivity index (χ0) is 9.97. The maximum Gasteiger partial charge on any atom is 0.321 e. The second kappa shape index (κ2) is 3.41. The van der Waals surface area contributed by atoms with Gasteiger partial charge in [0.2, 0.25) is 5.82 Å². The molecule has 6 nitrogen and oxygen atoms in total. The number of anilines is 1. The molecule has 0 saturated carbocycles. The lowest BCUT2D eigenvalue weighted by Crippen LogP contribution is -1.91. The Hall–Kier alpha value is -1.98. The lowest BCUT2D eigenvalue weighted by molar-refractivity contribution is 0.434. The van der Waals surface area contributed by atoms with Crippen LogP contribution in [0.3, 0.4) is 0 Å². The van der Waals surface area contributed by atoms with Crippen LogP contribution < -0.4 is 5.32 Å². The van der Waals surface area contributed by atoms with Gasteiger partial charge in [-0.15, -0.1) is 0 Å². The molecule has 2 heterocycles. The summed E-state index contributed by atoms with van der Waals surface area (Å²) in [6, 6.07) is 2.10. The summed E-state index contributed by atoms with van der Waals surface area (Å²) in [4.78, 5) is 12.2. The Bertz CT molecular complexity index is 439. The molecule has 0 fully saturated rings. The Kier molecular flexibility index (Phi) is 2.10. The summed E-state index contributed by atoms with van der Waals surface area (Å²) in [5, 5.41) is 6.51. The van der Waals surface area contributed by atoms with Crippen LogP contribution in [-0.4, -0.2) is 27.2 Å². The van der Waals surface area contributed by atoms with Gasteiger partial charge in [-0.1, -0.05) is 5.16 Å². The average molecular weight is 191 g/mol. The zero-order valence-corrected chi connectivity index (χ0v) is 7.85. The molecule has 72 valence electrons. The van der Waals surface area contributed by atoms with Crippen molar-refractivity contribution < 1.29 is 4.52 Å². The highest BCUT2D eigenvalue weighted by Gasteiger charge is 2.08. The van der Waals surface area contributed by atoms with Gasteiger partial charge >= 0.3 is 6.01 Å². The normalized spacial score (nSPS) is 10.1. The first-order valence-electron chi connectivity index (χ1n) is 4.11. The summed E-state index contributed by atoms with van der Waals surface area (Å²) >= 11 is 0. The Morgan fingerprint density at radius 2 is 2.21 bits per heavy atom. The van der Waals surface area contributed by atoms with Crippen LogP contribution in [-0.2, 0) is 0 Å². The van der Waals surface area contributed by atoms with Crippen molar-refractivity contribution in [3.05, 3.63) is 18.1 Å². The van der Waals surface area contributed by atoms with Gasteiger partial charge in [-0.05, 0) is 13.0 Å². The molecule has 2 aromatic rings. The first-order chi connectivity index (χ1) is 6.79. The minimum atomic E-state index is 0.372. The van der Waals surface area contributed by atoms with Crippen molar-refractivity contribution in [2.24, 2.45) is 0 Å². The molecule has 0 atom stereocenters. The minimum absolute atomic E-state index is 0.372. The van der Waals surface area contributed by atoms with Crippen LogP contribution in [0, 0.1) is 6.92 Å². The standard InChI is InChI=1S/C8H9N5O/c1-5-10-4-3-6(11-5)7-12-8(9-2)14-13-7/h3-4H,1-2H3,(H,9,12,13). The maximum atomic E-state index is 4.88. The quantitative estimate of drug-likeness (QED) is 0.759. The van der Waals surface area contributed by atoms with E-state index in [9.17, 15) is 0 Å². The molecule has 0 aliphatic rings. The number of nitrogens with zero attached hydrogens (tertiary/aromatic N) is 4. The van der Waals surface area contributed by atoms with Crippen molar-refractivity contribution in [1.29, 1.82) is 0 Å². The highest BCUT2D eigenvalue weighted by atomic mass is 16.5. The molecule has 14 heavy (non-hydrogen) atoms. The number of rotatable bonds is 2. The molecule has 0 radical (unpaired) electrons. The van der Waals surface area contributed by atoms with E-state index in [2.05, 4.69) is 25.4 Å². The predicted octanol–water partition coefficient (Wildman–Crippen LogP) is 0.877. The van der Waals surface area contributed by atoms with Crippen LogP contribution >= 0.6 is 0 Å². The van der Waals surface area contributed by atoms with E-state index in [1.54, 1.807) is 19.3 Å². The van der Waals surface area contributed by atoms with Gasteiger partial charge in [0.1, 0.15) is 11.5 Å². The highest BCUT2D eigenvalue weighted by Crippen LogP contribution is 2.13. The Morgan fingerprint density at radius 1 is 1.36 bits per heavy atom. The summed E-state index contributed by atoms with van der Waals surface area (Å²) in [6.45, 7) is 1.81. The minimum Gasteiger partial charge on any atom is -0.341 e. The van der Waals surface area contributed by atoms with Crippen LogP contribution in [0.2, 0.25) is 0 Å². The number of aryl methyl sites for hydroxylation is 1. The molecule has 0 spiro atoms. The number of hydrogen-bond acceptors (Lipinski definition) is 6. The van der Waals surface area contributed by atoms with Crippen LogP contribution in [0.5, 0.6) is 0 Å². The van der Waals surface area contributed by atoms with E-state index < -0.39 is 0 Å². The topological polar surface area (TPSA) is 76.7 Å². The fourth-order valence-electron chi connectivity index (χ4n) is 1.01. The van der Waals surface area contributed by atoms with Gasteiger partial charge in [0.25, 0.3) is 0 Å². The van der Waals surface area contributed by atoms with E-state index in [-0.39, 0.29) is 0 Å². The van der Waals surface area contributed by atoms with Crippen molar-refractivity contribution in [3.8, 4) is 11.5 Å². The molecule has 0 aromatic carbocycles. The Balaban J connectivity index is 2.39. The van der Waals surface area contributed by atoms with Crippen molar-refractivity contribution >= 4 is 6.01 Å². The second-order valence-corrected chi connectivity index (χ2v) is 2.66. The lowest BCUT2D eigenvalue weighted by atomic mass is 10.4. The van der Waals surface area contributed by atoms with Crippen molar-refractivity contribution in [1.82, 2.24) is 20.1 Å². The van der Waals surface area contributed by atoms with Crippen LogP contribution in [0.15, 0.2) is 16.8 Å². The van der Waals surface area contributed by atoms with E-state index >= 15 is 0 Å².